The first-order valence-electron chi connectivity index (χ1n) is 15.8. The average Bonchev–Trinajstić information content (AvgIpc) is 3.49. The van der Waals surface area contributed by atoms with Crippen molar-refractivity contribution < 1.29 is 28.7 Å². The molecular formula is C34H45N5O6. The van der Waals surface area contributed by atoms with Crippen molar-refractivity contribution in [2.45, 2.75) is 89.4 Å². The summed E-state index contributed by atoms with van der Waals surface area (Å²) in [5.41, 5.74) is 0.106. The Balaban J connectivity index is 1.58. The van der Waals surface area contributed by atoms with Crippen LogP contribution in [-0.2, 0) is 25.6 Å². The lowest BCUT2D eigenvalue weighted by Crippen LogP contribution is -2.62. The van der Waals surface area contributed by atoms with Crippen LogP contribution in [0.5, 0.6) is 5.75 Å². The molecule has 1 heterocycles. The number of aryl methyl sites for hydroxylation is 1. The highest BCUT2D eigenvalue weighted by atomic mass is 16.5. The van der Waals surface area contributed by atoms with E-state index in [0.717, 1.165) is 24.8 Å². The van der Waals surface area contributed by atoms with E-state index in [0.29, 0.717) is 25.8 Å². The molecule has 5 amide bonds. The van der Waals surface area contributed by atoms with Crippen molar-refractivity contribution in [2.75, 3.05) is 13.2 Å². The SMILES string of the molecule is CC(C)[C@H]1NC(=O)C2(CCCC2)NC(=O)C[C@@H](C(=O)NCCCc2ccccc2)NC(=O)c2ccccc2OC[C@H](C)NC1=O. The van der Waals surface area contributed by atoms with Crippen molar-refractivity contribution in [2.24, 2.45) is 5.92 Å². The van der Waals surface area contributed by atoms with Crippen LogP contribution in [0.4, 0.5) is 0 Å². The molecule has 0 bridgehead atoms. The van der Waals surface area contributed by atoms with Crippen molar-refractivity contribution in [3.63, 3.8) is 0 Å². The van der Waals surface area contributed by atoms with Gasteiger partial charge in [-0.25, -0.2) is 0 Å². The lowest BCUT2D eigenvalue weighted by molar-refractivity contribution is -0.137. The molecule has 2 aliphatic rings. The Kier molecular flexibility index (Phi) is 11.6. The second-order valence-electron chi connectivity index (χ2n) is 12.4. The molecule has 2 aromatic carbocycles. The molecule has 242 valence electrons. The number of hydrogen-bond donors (Lipinski definition) is 5. The summed E-state index contributed by atoms with van der Waals surface area (Å²) in [6.07, 6.45) is 3.30. The van der Waals surface area contributed by atoms with E-state index < -0.39 is 47.3 Å². The largest absolute Gasteiger partial charge is 0.491 e. The van der Waals surface area contributed by atoms with Crippen LogP contribution in [0.2, 0.25) is 0 Å². The molecule has 0 unspecified atom stereocenters. The van der Waals surface area contributed by atoms with Gasteiger partial charge in [-0.1, -0.05) is 69.2 Å². The Morgan fingerprint density at radius 1 is 0.956 bits per heavy atom. The van der Waals surface area contributed by atoms with E-state index >= 15 is 0 Å². The summed E-state index contributed by atoms with van der Waals surface area (Å²) in [6, 6.07) is 14.0. The minimum absolute atomic E-state index is 0.0596. The summed E-state index contributed by atoms with van der Waals surface area (Å²) in [6.45, 7) is 5.85. The van der Waals surface area contributed by atoms with Crippen molar-refractivity contribution in [1.82, 2.24) is 26.6 Å². The van der Waals surface area contributed by atoms with Gasteiger partial charge in [-0.2, -0.15) is 0 Å². The van der Waals surface area contributed by atoms with Crippen LogP contribution in [0.25, 0.3) is 0 Å². The molecule has 11 heteroatoms. The maximum Gasteiger partial charge on any atom is 0.255 e. The topological polar surface area (TPSA) is 155 Å². The fourth-order valence-electron chi connectivity index (χ4n) is 5.79. The number of carbonyl (C=O) groups is 5. The number of carbonyl (C=O) groups excluding carboxylic acids is 5. The molecule has 0 aromatic heterocycles. The molecule has 3 atom stereocenters. The summed E-state index contributed by atoms with van der Waals surface area (Å²) in [5, 5.41) is 14.2. The van der Waals surface area contributed by atoms with Crippen molar-refractivity contribution in [3.8, 4) is 5.75 Å². The van der Waals surface area contributed by atoms with Crippen LogP contribution < -0.4 is 31.3 Å². The summed E-state index contributed by atoms with van der Waals surface area (Å²) in [5.74, 6) is -2.40. The zero-order valence-corrected chi connectivity index (χ0v) is 26.3. The highest BCUT2D eigenvalue weighted by Gasteiger charge is 2.44. The molecule has 5 N–H and O–H groups in total. The van der Waals surface area contributed by atoms with Crippen LogP contribution in [0.15, 0.2) is 54.6 Å². The Bertz CT molecular complexity index is 1360. The van der Waals surface area contributed by atoms with Gasteiger partial charge < -0.3 is 31.3 Å². The second-order valence-corrected chi connectivity index (χ2v) is 12.4. The molecule has 11 nitrogen and oxygen atoms in total. The number of benzene rings is 2. The van der Waals surface area contributed by atoms with Crippen LogP contribution in [0.1, 0.15) is 75.2 Å². The van der Waals surface area contributed by atoms with Crippen LogP contribution in [0, 0.1) is 5.92 Å². The molecular weight excluding hydrogens is 574 g/mol. The van der Waals surface area contributed by atoms with Gasteiger partial charge in [0.1, 0.15) is 30.0 Å². The molecule has 4 rings (SSSR count). The number of rotatable bonds is 6. The van der Waals surface area contributed by atoms with Gasteiger partial charge in [-0.3, -0.25) is 24.0 Å². The maximum atomic E-state index is 13.7. The van der Waals surface area contributed by atoms with E-state index in [-0.39, 0.29) is 36.2 Å². The summed E-state index contributed by atoms with van der Waals surface area (Å²) in [4.78, 5) is 67.4. The van der Waals surface area contributed by atoms with Gasteiger partial charge in [0.25, 0.3) is 5.91 Å². The first-order valence-corrected chi connectivity index (χ1v) is 15.8. The van der Waals surface area contributed by atoms with E-state index in [2.05, 4.69) is 26.6 Å². The van der Waals surface area contributed by atoms with E-state index in [4.69, 9.17) is 4.74 Å². The third-order valence-corrected chi connectivity index (χ3v) is 8.31. The fourth-order valence-corrected chi connectivity index (χ4v) is 5.79. The molecule has 0 saturated heterocycles. The van der Waals surface area contributed by atoms with E-state index in [9.17, 15) is 24.0 Å². The zero-order chi connectivity index (χ0) is 32.4. The number of amides is 5. The minimum atomic E-state index is -1.22. The Labute approximate surface area is 264 Å². The normalized spacial score (nSPS) is 22.7. The van der Waals surface area contributed by atoms with Gasteiger partial charge in [0.2, 0.25) is 23.6 Å². The smallest absolute Gasteiger partial charge is 0.255 e. The first kappa shape index (κ1) is 33.5. The van der Waals surface area contributed by atoms with Gasteiger partial charge in [-0.15, -0.1) is 0 Å². The zero-order valence-electron chi connectivity index (χ0n) is 26.3. The van der Waals surface area contributed by atoms with Crippen molar-refractivity contribution >= 4 is 29.5 Å². The van der Waals surface area contributed by atoms with E-state index in [1.54, 1.807) is 31.2 Å². The summed E-state index contributed by atoms with van der Waals surface area (Å²) >= 11 is 0. The predicted octanol–water partition coefficient (Wildman–Crippen LogP) is 2.39. The number of para-hydroxylation sites is 1. The molecule has 2 aromatic rings. The Hall–Kier alpha value is -4.41. The highest BCUT2D eigenvalue weighted by Crippen LogP contribution is 2.31. The highest BCUT2D eigenvalue weighted by molar-refractivity contribution is 6.01. The monoisotopic (exact) mass is 619 g/mol. The lowest BCUT2D eigenvalue weighted by Gasteiger charge is -2.33. The maximum absolute atomic E-state index is 13.7. The van der Waals surface area contributed by atoms with Crippen LogP contribution in [0.3, 0.4) is 0 Å². The quantitative estimate of drug-likeness (QED) is 0.313. The summed E-state index contributed by atoms with van der Waals surface area (Å²) < 4.78 is 5.93. The molecule has 1 aliphatic heterocycles. The molecule has 45 heavy (non-hydrogen) atoms. The Morgan fingerprint density at radius 2 is 1.64 bits per heavy atom. The summed E-state index contributed by atoms with van der Waals surface area (Å²) in [7, 11) is 0. The second kappa shape index (κ2) is 15.5. The van der Waals surface area contributed by atoms with E-state index in [1.165, 1.54) is 0 Å². The van der Waals surface area contributed by atoms with Crippen molar-refractivity contribution in [3.05, 3.63) is 65.7 Å². The number of fused-ring (bicyclic) bond motifs is 1. The van der Waals surface area contributed by atoms with Gasteiger partial charge in [-0.05, 0) is 56.2 Å². The fraction of sp³-hybridized carbons (Fsp3) is 0.500. The predicted molar refractivity (Wildman–Crippen MR) is 169 cm³/mol. The molecule has 0 radical (unpaired) electrons. The third kappa shape index (κ3) is 9.06. The van der Waals surface area contributed by atoms with Crippen LogP contribution >= 0.6 is 0 Å². The standard InChI is InChI=1S/C34H45N5O6/c1-22(2)29-32(43)36-23(3)21-45-27-16-8-7-15-25(27)30(41)37-26(31(42)35-19-11-14-24-12-5-4-6-13-24)20-28(40)39-34(33(44)38-29)17-9-10-18-34/h4-8,12-13,15-16,22-23,26,29H,9-11,14,17-21H2,1-3H3,(H,35,42)(H,36,43)(H,37,41)(H,38,44)(H,39,40)/t23-,26-,29+/m0/s1. The van der Waals surface area contributed by atoms with E-state index in [1.807, 2.05) is 44.2 Å². The van der Waals surface area contributed by atoms with Gasteiger partial charge >= 0.3 is 0 Å². The Morgan fingerprint density at radius 3 is 2.36 bits per heavy atom. The van der Waals surface area contributed by atoms with Crippen LogP contribution in [-0.4, -0.2) is 66.4 Å². The lowest BCUT2D eigenvalue weighted by atomic mass is 9.93. The number of ether oxygens (including phenoxy) is 1. The van der Waals surface area contributed by atoms with Gasteiger partial charge in [0.15, 0.2) is 0 Å². The molecule has 1 aliphatic carbocycles. The van der Waals surface area contributed by atoms with Gasteiger partial charge in [0, 0.05) is 6.54 Å². The molecule has 1 fully saturated rings. The third-order valence-electron chi connectivity index (χ3n) is 8.31. The average molecular weight is 620 g/mol. The van der Waals surface area contributed by atoms with Gasteiger partial charge in [0.05, 0.1) is 18.0 Å². The molecule has 1 saturated carbocycles. The number of hydrogen-bond acceptors (Lipinski definition) is 6. The van der Waals surface area contributed by atoms with Crippen molar-refractivity contribution in [1.29, 1.82) is 0 Å². The minimum Gasteiger partial charge on any atom is -0.491 e. The number of nitrogens with one attached hydrogen (secondary N) is 5. The first-order chi connectivity index (χ1) is 21.6. The molecule has 1 spiro atoms.